The number of nitrogens with one attached hydrogen (secondary N) is 2. The van der Waals surface area contributed by atoms with E-state index in [9.17, 15) is 45.0 Å². The molecule has 30 heavy (non-hydrogen) atoms. The number of rotatable bonds is 6. The molecule has 2 saturated heterocycles. The summed E-state index contributed by atoms with van der Waals surface area (Å²) >= 11 is 0. The summed E-state index contributed by atoms with van der Waals surface area (Å²) in [7, 11) is 0. The van der Waals surface area contributed by atoms with Crippen LogP contribution in [0, 0.1) is 0 Å². The van der Waals surface area contributed by atoms with Gasteiger partial charge < -0.3 is 55.5 Å². The third-order valence-corrected chi connectivity index (χ3v) is 4.75. The molecule has 0 aliphatic carbocycles. The molecule has 0 radical (unpaired) electrons. The SMILES string of the molecule is CC(=O)N[C@H]1[C@H](O[C@H]2[C@H](O)[C@@H](NC(C)=O)C(O)O[C@@H]2CO)O[C@H](C(=O)O)[C@@H](O)[C@@H]1O. The summed E-state index contributed by atoms with van der Waals surface area (Å²) in [4.78, 5) is 34.2. The van der Waals surface area contributed by atoms with Crippen LogP contribution in [0.1, 0.15) is 13.8 Å². The number of carboxylic acids is 1. The number of carbonyl (C=O) groups excluding carboxylic acids is 2. The number of carboxylic acid groups (broad SMARTS) is 1. The average Bonchev–Trinajstić information content (AvgIpc) is 2.65. The molecule has 8 N–H and O–H groups in total. The van der Waals surface area contributed by atoms with E-state index in [0.29, 0.717) is 0 Å². The molecule has 2 aliphatic rings. The molecule has 2 heterocycles. The van der Waals surface area contributed by atoms with Gasteiger partial charge in [0.15, 0.2) is 18.7 Å². The maximum atomic E-state index is 11.5. The zero-order valence-corrected chi connectivity index (χ0v) is 16.1. The van der Waals surface area contributed by atoms with Crippen LogP contribution in [0.5, 0.6) is 0 Å². The van der Waals surface area contributed by atoms with Gasteiger partial charge in [-0.2, -0.15) is 0 Å². The highest BCUT2D eigenvalue weighted by atomic mass is 16.7. The van der Waals surface area contributed by atoms with Crippen molar-refractivity contribution in [2.24, 2.45) is 0 Å². The van der Waals surface area contributed by atoms with Gasteiger partial charge in [0.25, 0.3) is 0 Å². The Morgan fingerprint density at radius 1 is 0.900 bits per heavy atom. The average molecular weight is 438 g/mol. The number of aliphatic hydroxyl groups is 5. The third-order valence-electron chi connectivity index (χ3n) is 4.75. The summed E-state index contributed by atoms with van der Waals surface area (Å²) in [5.74, 6) is -2.90. The molecule has 0 aromatic rings. The highest BCUT2D eigenvalue weighted by Gasteiger charge is 2.52. The van der Waals surface area contributed by atoms with Crippen molar-refractivity contribution in [3.8, 4) is 0 Å². The van der Waals surface area contributed by atoms with Crippen LogP contribution < -0.4 is 10.6 Å². The molecule has 2 amide bonds. The number of aliphatic hydroxyl groups excluding tert-OH is 5. The second-order valence-electron chi connectivity index (χ2n) is 7.04. The van der Waals surface area contributed by atoms with Crippen LogP contribution in [0.25, 0.3) is 0 Å². The van der Waals surface area contributed by atoms with Gasteiger partial charge >= 0.3 is 5.97 Å². The minimum atomic E-state index is -1.93. The summed E-state index contributed by atoms with van der Waals surface area (Å²) < 4.78 is 15.9. The molecular formula is C16H26N2O12. The molecule has 2 rings (SSSR count). The van der Waals surface area contributed by atoms with Crippen molar-refractivity contribution in [2.75, 3.05) is 6.61 Å². The molecule has 0 aromatic carbocycles. The lowest BCUT2D eigenvalue weighted by Crippen LogP contribution is -2.69. The van der Waals surface area contributed by atoms with Crippen molar-refractivity contribution < 1.29 is 59.2 Å². The van der Waals surface area contributed by atoms with E-state index in [2.05, 4.69) is 10.6 Å². The van der Waals surface area contributed by atoms with Crippen LogP contribution >= 0.6 is 0 Å². The van der Waals surface area contributed by atoms with Gasteiger partial charge in [-0.15, -0.1) is 0 Å². The normalized spacial score (nSPS) is 41.7. The maximum Gasteiger partial charge on any atom is 0.335 e. The van der Waals surface area contributed by atoms with Gasteiger partial charge in [0.1, 0.15) is 42.6 Å². The van der Waals surface area contributed by atoms with Crippen LogP contribution in [-0.4, -0.2) is 116 Å². The second-order valence-corrected chi connectivity index (χ2v) is 7.04. The number of carbonyl (C=O) groups is 3. The molecule has 172 valence electrons. The first-order valence-electron chi connectivity index (χ1n) is 9.04. The lowest BCUT2D eigenvalue weighted by Gasteiger charge is -2.46. The molecule has 14 nitrogen and oxygen atoms in total. The largest absolute Gasteiger partial charge is 0.479 e. The number of hydrogen-bond acceptors (Lipinski definition) is 11. The Hall–Kier alpha value is -1.91. The summed E-state index contributed by atoms with van der Waals surface area (Å²) in [6.45, 7) is 1.47. The smallest absolute Gasteiger partial charge is 0.335 e. The van der Waals surface area contributed by atoms with Crippen molar-refractivity contribution in [3.63, 3.8) is 0 Å². The van der Waals surface area contributed by atoms with E-state index < -0.39 is 85.7 Å². The van der Waals surface area contributed by atoms with E-state index in [0.717, 1.165) is 13.8 Å². The van der Waals surface area contributed by atoms with Crippen molar-refractivity contribution in [3.05, 3.63) is 0 Å². The topological polar surface area (TPSA) is 224 Å². The molecule has 0 aromatic heterocycles. The highest BCUT2D eigenvalue weighted by Crippen LogP contribution is 2.29. The number of aliphatic carboxylic acids is 1. The summed E-state index contributed by atoms with van der Waals surface area (Å²) in [5, 5.41) is 64.1. The van der Waals surface area contributed by atoms with Crippen molar-refractivity contribution in [1.29, 1.82) is 0 Å². The van der Waals surface area contributed by atoms with Gasteiger partial charge in [0.2, 0.25) is 11.8 Å². The van der Waals surface area contributed by atoms with E-state index in [4.69, 9.17) is 14.2 Å². The van der Waals surface area contributed by atoms with Gasteiger partial charge in [0, 0.05) is 13.8 Å². The Balaban J connectivity index is 2.31. The Kier molecular flexibility index (Phi) is 8.06. The minimum Gasteiger partial charge on any atom is -0.479 e. The van der Waals surface area contributed by atoms with E-state index in [1.165, 1.54) is 0 Å². The zero-order valence-electron chi connectivity index (χ0n) is 16.1. The van der Waals surface area contributed by atoms with E-state index in [1.807, 2.05) is 0 Å². The molecule has 2 fully saturated rings. The summed E-state index contributed by atoms with van der Waals surface area (Å²) in [6.07, 6.45) is -13.6. The maximum absolute atomic E-state index is 11.5. The Bertz CT molecular complexity index is 648. The van der Waals surface area contributed by atoms with Gasteiger partial charge in [-0.3, -0.25) is 9.59 Å². The van der Waals surface area contributed by atoms with Crippen LogP contribution in [0.15, 0.2) is 0 Å². The predicted octanol–water partition coefficient (Wildman–Crippen LogP) is -5.02. The first kappa shape index (κ1) is 24.4. The molecule has 1 unspecified atom stereocenters. The molecular weight excluding hydrogens is 412 g/mol. The third kappa shape index (κ3) is 5.22. The quantitative estimate of drug-likeness (QED) is 0.195. The summed E-state index contributed by atoms with van der Waals surface area (Å²) in [5.41, 5.74) is 0. The molecule has 10 atom stereocenters. The fourth-order valence-electron chi connectivity index (χ4n) is 3.37. The number of hydrogen-bond donors (Lipinski definition) is 8. The fraction of sp³-hybridized carbons (Fsp3) is 0.812. The Labute approximate surface area is 170 Å². The van der Waals surface area contributed by atoms with E-state index in [-0.39, 0.29) is 0 Å². The van der Waals surface area contributed by atoms with Crippen molar-refractivity contribution in [1.82, 2.24) is 10.6 Å². The fourth-order valence-corrected chi connectivity index (χ4v) is 3.37. The standard InChI is InChI=1S/C16H26N2O12/c1-4(20)17-7-10(23)12(6(3-19)28-15(7)27)29-16-8(18-5(2)21)9(22)11(24)13(30-16)14(25)26/h6-13,15-16,19,22-24,27H,3H2,1-2H3,(H,17,20)(H,18,21)(H,25,26)/t6-,7-,8-,9-,10-,11+,12-,13+,15?,16-/m1/s1. The van der Waals surface area contributed by atoms with Crippen molar-refractivity contribution >= 4 is 17.8 Å². The molecule has 2 aliphatic heterocycles. The zero-order chi connectivity index (χ0) is 22.7. The van der Waals surface area contributed by atoms with Crippen molar-refractivity contribution in [2.45, 2.75) is 75.1 Å². The lowest BCUT2D eigenvalue weighted by atomic mass is 9.94. The lowest BCUT2D eigenvalue weighted by molar-refractivity contribution is -0.323. The van der Waals surface area contributed by atoms with Gasteiger partial charge in [-0.1, -0.05) is 0 Å². The van der Waals surface area contributed by atoms with E-state index >= 15 is 0 Å². The molecule has 0 bridgehead atoms. The van der Waals surface area contributed by atoms with Crippen LogP contribution in [0.3, 0.4) is 0 Å². The minimum absolute atomic E-state index is 0.613. The van der Waals surface area contributed by atoms with Crippen LogP contribution in [0.4, 0.5) is 0 Å². The van der Waals surface area contributed by atoms with E-state index in [1.54, 1.807) is 0 Å². The highest BCUT2D eigenvalue weighted by molar-refractivity contribution is 5.75. The first-order chi connectivity index (χ1) is 14.0. The van der Waals surface area contributed by atoms with Gasteiger partial charge in [-0.05, 0) is 0 Å². The Morgan fingerprint density at radius 3 is 1.97 bits per heavy atom. The summed E-state index contributed by atoms with van der Waals surface area (Å²) in [6, 6.07) is -2.82. The first-order valence-corrected chi connectivity index (χ1v) is 9.04. The number of ether oxygens (including phenoxy) is 3. The van der Waals surface area contributed by atoms with Gasteiger partial charge in [0.05, 0.1) is 6.61 Å². The Morgan fingerprint density at radius 2 is 1.47 bits per heavy atom. The number of amides is 2. The monoisotopic (exact) mass is 438 g/mol. The second kappa shape index (κ2) is 9.93. The van der Waals surface area contributed by atoms with Crippen LogP contribution in [0.2, 0.25) is 0 Å². The van der Waals surface area contributed by atoms with Gasteiger partial charge in [-0.25, -0.2) is 4.79 Å². The predicted molar refractivity (Wildman–Crippen MR) is 92.4 cm³/mol. The molecule has 0 saturated carbocycles. The van der Waals surface area contributed by atoms with Crippen LogP contribution in [-0.2, 0) is 28.6 Å². The molecule has 0 spiro atoms. The molecule has 14 heteroatoms.